The molecule has 7 nitrogen and oxygen atoms in total. The van der Waals surface area contributed by atoms with Gasteiger partial charge in [-0.15, -0.1) is 24.8 Å². The van der Waals surface area contributed by atoms with E-state index in [1.54, 1.807) is 6.20 Å². The number of nitrogens with zero attached hydrogens (tertiary/aromatic N) is 4. The number of carbonyl (C=O) groups is 2. The summed E-state index contributed by atoms with van der Waals surface area (Å²) in [7, 11) is 0. The Kier molecular flexibility index (Phi) is 9.10. The number of aryl methyl sites for hydroxylation is 1. The molecule has 4 heterocycles. The summed E-state index contributed by atoms with van der Waals surface area (Å²) in [5.41, 5.74) is 4.33. The summed E-state index contributed by atoms with van der Waals surface area (Å²) < 4.78 is 2.02. The van der Waals surface area contributed by atoms with Gasteiger partial charge in [0.05, 0.1) is 28.4 Å². The van der Waals surface area contributed by atoms with Gasteiger partial charge in [-0.2, -0.15) is 0 Å². The molecule has 186 valence electrons. The normalized spacial score (nSPS) is 14.9. The Bertz CT molecular complexity index is 1250. The highest BCUT2D eigenvalue weighted by Crippen LogP contribution is 2.34. The summed E-state index contributed by atoms with van der Waals surface area (Å²) >= 11 is 1.39. The van der Waals surface area contributed by atoms with Crippen molar-refractivity contribution < 1.29 is 9.59 Å². The van der Waals surface area contributed by atoms with E-state index in [0.29, 0.717) is 18.0 Å². The molecule has 0 atom stereocenters. The standard InChI is InChI=1S/C25H27N5O2S.2ClH/c1-2-18-7-3-4-8-20(18)28-11-6-12-29(14-13-28)23(31)17-27-25(32)21-15-19-16-26-22-9-5-10-24(33-21)30(19)22;;/h3-5,7-10,15-16H,2,6,11-14,17H2,1H3,(H,27,32);2*1H. The van der Waals surface area contributed by atoms with Gasteiger partial charge in [-0.1, -0.05) is 43.0 Å². The average molecular weight is 535 g/mol. The number of imidazole rings is 1. The van der Waals surface area contributed by atoms with Crippen LogP contribution in [0.5, 0.6) is 0 Å². The molecule has 2 aliphatic rings. The summed E-state index contributed by atoms with van der Waals surface area (Å²) in [6.07, 6.45) is 5.49. The molecular formula is C25H29Cl2N5O2S. The van der Waals surface area contributed by atoms with Crippen LogP contribution in [0.1, 0.15) is 24.6 Å². The van der Waals surface area contributed by atoms with Crippen molar-refractivity contribution in [3.63, 3.8) is 0 Å². The van der Waals surface area contributed by atoms with E-state index in [0.717, 1.165) is 42.3 Å². The van der Waals surface area contributed by atoms with E-state index >= 15 is 0 Å². The van der Waals surface area contributed by atoms with Crippen LogP contribution < -0.4 is 10.2 Å². The predicted molar refractivity (Wildman–Crippen MR) is 146 cm³/mol. The first kappa shape index (κ1) is 26.9. The number of carbonyl (C=O) groups excluding carboxylic acids is 2. The lowest BCUT2D eigenvalue weighted by Gasteiger charge is -2.26. The number of para-hydroxylation sites is 1. The van der Waals surface area contributed by atoms with Gasteiger partial charge >= 0.3 is 0 Å². The quantitative estimate of drug-likeness (QED) is 0.535. The first-order chi connectivity index (χ1) is 16.1. The van der Waals surface area contributed by atoms with Crippen molar-refractivity contribution in [3.8, 4) is 0 Å². The zero-order chi connectivity index (χ0) is 22.8. The van der Waals surface area contributed by atoms with Crippen molar-refractivity contribution in [1.29, 1.82) is 0 Å². The molecule has 2 aromatic heterocycles. The molecular weight excluding hydrogens is 505 g/mol. The lowest BCUT2D eigenvalue weighted by Crippen LogP contribution is -2.42. The molecule has 0 aliphatic carbocycles. The van der Waals surface area contributed by atoms with Crippen LogP contribution in [-0.2, 0) is 16.0 Å². The number of rotatable bonds is 5. The Hall–Kier alpha value is -2.68. The van der Waals surface area contributed by atoms with Gasteiger partial charge in [0.15, 0.2) is 0 Å². The monoisotopic (exact) mass is 533 g/mol. The summed E-state index contributed by atoms with van der Waals surface area (Å²) in [5, 5.41) is 3.77. The van der Waals surface area contributed by atoms with Crippen LogP contribution in [0.4, 0.5) is 5.69 Å². The van der Waals surface area contributed by atoms with Crippen LogP contribution in [0, 0.1) is 0 Å². The minimum Gasteiger partial charge on any atom is -0.369 e. The lowest BCUT2D eigenvalue weighted by molar-refractivity contribution is -0.131. The fourth-order valence-corrected chi connectivity index (χ4v) is 5.49. The van der Waals surface area contributed by atoms with Crippen LogP contribution in [0.3, 0.4) is 0 Å². The largest absolute Gasteiger partial charge is 0.369 e. The molecule has 1 fully saturated rings. The number of benzene rings is 1. The van der Waals surface area contributed by atoms with Gasteiger partial charge in [0, 0.05) is 31.9 Å². The van der Waals surface area contributed by atoms with Crippen molar-refractivity contribution in [1.82, 2.24) is 19.6 Å². The minimum absolute atomic E-state index is 0. The summed E-state index contributed by atoms with van der Waals surface area (Å²) in [4.78, 5) is 34.9. The molecule has 3 aromatic rings. The molecule has 5 rings (SSSR count). The molecule has 0 unspecified atom stereocenters. The summed E-state index contributed by atoms with van der Waals surface area (Å²) in [5.74, 6) is -0.270. The van der Waals surface area contributed by atoms with Crippen molar-refractivity contribution in [2.75, 3.05) is 37.6 Å². The van der Waals surface area contributed by atoms with Crippen LogP contribution >= 0.6 is 36.6 Å². The second kappa shape index (κ2) is 11.8. The van der Waals surface area contributed by atoms with Gasteiger partial charge < -0.3 is 15.1 Å². The summed E-state index contributed by atoms with van der Waals surface area (Å²) in [6, 6.07) is 14.3. The minimum atomic E-state index is -0.230. The molecule has 0 spiro atoms. The van der Waals surface area contributed by atoms with Crippen LogP contribution in [0.25, 0.3) is 11.7 Å². The number of amides is 2. The molecule has 35 heavy (non-hydrogen) atoms. The smallest absolute Gasteiger partial charge is 0.258 e. The van der Waals surface area contributed by atoms with Crippen molar-refractivity contribution >= 4 is 65.8 Å². The van der Waals surface area contributed by atoms with Gasteiger partial charge in [0.25, 0.3) is 5.91 Å². The van der Waals surface area contributed by atoms with Gasteiger partial charge in [0.2, 0.25) is 5.91 Å². The fourth-order valence-electron chi connectivity index (χ4n) is 4.48. The molecule has 1 saturated heterocycles. The van der Waals surface area contributed by atoms with Crippen molar-refractivity contribution in [2.24, 2.45) is 0 Å². The molecule has 0 radical (unpaired) electrons. The van der Waals surface area contributed by atoms with Gasteiger partial charge in [-0.05, 0) is 42.7 Å². The van der Waals surface area contributed by atoms with Crippen molar-refractivity contribution in [2.45, 2.75) is 24.8 Å². The number of halogens is 2. The Morgan fingerprint density at radius 2 is 1.86 bits per heavy atom. The number of hydrogen-bond acceptors (Lipinski definition) is 5. The Balaban J connectivity index is 0.00000171. The Morgan fingerprint density at radius 3 is 2.69 bits per heavy atom. The van der Waals surface area contributed by atoms with E-state index in [2.05, 4.69) is 46.4 Å². The number of pyridine rings is 1. The summed E-state index contributed by atoms with van der Waals surface area (Å²) in [6.45, 7) is 5.26. The molecule has 1 aromatic carbocycles. The number of aromatic nitrogens is 2. The predicted octanol–water partition coefficient (Wildman–Crippen LogP) is 4.04. The van der Waals surface area contributed by atoms with E-state index < -0.39 is 0 Å². The maximum absolute atomic E-state index is 12.9. The highest BCUT2D eigenvalue weighted by Gasteiger charge is 2.23. The van der Waals surface area contributed by atoms with Gasteiger partial charge in [-0.25, -0.2) is 4.98 Å². The first-order valence-corrected chi connectivity index (χ1v) is 12.2. The second-order valence-corrected chi connectivity index (χ2v) is 9.30. The van der Waals surface area contributed by atoms with Crippen LogP contribution in [-0.4, -0.2) is 58.8 Å². The third-order valence-electron chi connectivity index (χ3n) is 6.20. The third-order valence-corrected chi connectivity index (χ3v) is 7.25. The zero-order valence-corrected chi connectivity index (χ0v) is 21.9. The van der Waals surface area contributed by atoms with Gasteiger partial charge in [0.1, 0.15) is 5.65 Å². The number of nitrogens with one attached hydrogen (secondary N) is 1. The highest BCUT2D eigenvalue weighted by atomic mass is 35.5. The van der Waals surface area contributed by atoms with Crippen LogP contribution in [0.2, 0.25) is 0 Å². The fraction of sp³-hybridized carbons (Fsp3) is 0.320. The SMILES string of the molecule is CCc1ccccc1N1CCCN(C(=O)CNC(=O)C2=Cc3cnc4cccc(n34)S2)CC1.Cl.Cl. The van der Waals surface area contributed by atoms with E-state index in [9.17, 15) is 9.59 Å². The van der Waals surface area contributed by atoms with E-state index in [4.69, 9.17) is 0 Å². The second-order valence-electron chi connectivity index (χ2n) is 8.24. The zero-order valence-electron chi connectivity index (χ0n) is 19.5. The number of thioether (sulfide) groups is 1. The van der Waals surface area contributed by atoms with E-state index in [1.165, 1.54) is 23.0 Å². The van der Waals surface area contributed by atoms with Gasteiger partial charge in [-0.3, -0.25) is 14.0 Å². The number of hydrogen-bond donors (Lipinski definition) is 1. The molecule has 1 N–H and O–H groups in total. The van der Waals surface area contributed by atoms with Crippen LogP contribution in [0.15, 0.2) is 58.6 Å². The van der Waals surface area contributed by atoms with E-state index in [1.807, 2.05) is 33.6 Å². The van der Waals surface area contributed by atoms with E-state index in [-0.39, 0.29) is 43.2 Å². The maximum atomic E-state index is 12.9. The molecule has 2 aliphatic heterocycles. The molecule has 0 saturated carbocycles. The Morgan fingerprint density at radius 1 is 1.03 bits per heavy atom. The molecule has 0 bridgehead atoms. The topological polar surface area (TPSA) is 69.9 Å². The lowest BCUT2D eigenvalue weighted by atomic mass is 10.1. The number of anilines is 1. The molecule has 10 heteroatoms. The highest BCUT2D eigenvalue weighted by molar-refractivity contribution is 8.04. The van der Waals surface area contributed by atoms with Crippen molar-refractivity contribution in [3.05, 3.63) is 64.8 Å². The first-order valence-electron chi connectivity index (χ1n) is 11.4. The Labute approximate surface area is 221 Å². The third kappa shape index (κ3) is 5.60. The maximum Gasteiger partial charge on any atom is 0.258 e. The average Bonchev–Trinajstić information content (AvgIpc) is 3.11. The molecule has 2 amide bonds.